The van der Waals surface area contributed by atoms with E-state index in [-0.39, 0.29) is 5.78 Å². The van der Waals surface area contributed by atoms with Gasteiger partial charge in [-0.15, -0.1) is 0 Å². The third kappa shape index (κ3) is 1.43. The minimum absolute atomic E-state index is 0.00203. The van der Waals surface area contributed by atoms with E-state index in [2.05, 4.69) is 4.98 Å². The maximum absolute atomic E-state index is 11.5. The van der Waals surface area contributed by atoms with Crippen LogP contribution in [0.2, 0.25) is 0 Å². The van der Waals surface area contributed by atoms with Crippen LogP contribution in [0.15, 0.2) is 18.3 Å². The van der Waals surface area contributed by atoms with E-state index in [4.69, 9.17) is 9.47 Å². The number of carbonyl (C=O) groups is 1. The molecule has 0 unspecified atom stereocenters. The van der Waals surface area contributed by atoms with Crippen LogP contribution in [0.25, 0.3) is 10.9 Å². The van der Waals surface area contributed by atoms with Crippen molar-refractivity contribution in [2.45, 2.75) is 6.92 Å². The Morgan fingerprint density at radius 2 is 1.81 bits per heavy atom. The Labute approximate surface area is 93.2 Å². The van der Waals surface area contributed by atoms with Crippen LogP contribution in [0.4, 0.5) is 0 Å². The van der Waals surface area contributed by atoms with Crippen LogP contribution in [0.3, 0.4) is 0 Å². The van der Waals surface area contributed by atoms with Crippen LogP contribution in [0.1, 0.15) is 17.3 Å². The number of ether oxygens (including phenoxy) is 2. The van der Waals surface area contributed by atoms with Gasteiger partial charge in [0.2, 0.25) is 0 Å². The van der Waals surface area contributed by atoms with Gasteiger partial charge in [0.05, 0.1) is 25.1 Å². The van der Waals surface area contributed by atoms with Crippen molar-refractivity contribution in [2.75, 3.05) is 14.2 Å². The van der Waals surface area contributed by atoms with Crippen molar-refractivity contribution in [3.05, 3.63) is 23.9 Å². The van der Waals surface area contributed by atoms with Gasteiger partial charge in [-0.05, 0) is 19.1 Å². The Hall–Kier alpha value is -1.97. The van der Waals surface area contributed by atoms with Crippen molar-refractivity contribution < 1.29 is 14.3 Å². The highest BCUT2D eigenvalue weighted by molar-refractivity contribution is 6.10. The lowest BCUT2D eigenvalue weighted by molar-refractivity contribution is 0.101. The molecule has 1 heterocycles. The summed E-state index contributed by atoms with van der Waals surface area (Å²) in [6, 6.07) is 3.60. The van der Waals surface area contributed by atoms with Crippen molar-refractivity contribution in [3.63, 3.8) is 0 Å². The van der Waals surface area contributed by atoms with Gasteiger partial charge in [0.15, 0.2) is 5.78 Å². The fourth-order valence-electron chi connectivity index (χ4n) is 1.81. The molecule has 1 aromatic carbocycles. The zero-order valence-electron chi connectivity index (χ0n) is 9.46. The molecular weight excluding hydrogens is 206 g/mol. The first-order valence-electron chi connectivity index (χ1n) is 4.92. The summed E-state index contributed by atoms with van der Waals surface area (Å²) in [6.45, 7) is 1.53. The number of carbonyl (C=O) groups excluding carboxylic acids is 1. The molecule has 0 spiro atoms. The Balaban J connectivity index is 2.82. The molecule has 0 amide bonds. The molecule has 0 aliphatic carbocycles. The summed E-state index contributed by atoms with van der Waals surface area (Å²) < 4.78 is 10.5. The van der Waals surface area contributed by atoms with Gasteiger partial charge in [-0.2, -0.15) is 0 Å². The average molecular weight is 219 g/mol. The molecule has 4 nitrogen and oxygen atoms in total. The molecule has 84 valence electrons. The van der Waals surface area contributed by atoms with Gasteiger partial charge in [0.25, 0.3) is 0 Å². The summed E-state index contributed by atoms with van der Waals surface area (Å²) in [6.07, 6.45) is 1.68. The standard InChI is InChI=1S/C12H13NO3/c1-7(14)8-6-13-12-10(16-3)5-4-9(15-2)11(8)12/h4-6,13H,1-3H3. The lowest BCUT2D eigenvalue weighted by atomic mass is 10.1. The largest absolute Gasteiger partial charge is 0.496 e. The van der Waals surface area contributed by atoms with Gasteiger partial charge in [-0.25, -0.2) is 0 Å². The van der Waals surface area contributed by atoms with E-state index in [1.54, 1.807) is 26.5 Å². The van der Waals surface area contributed by atoms with Crippen molar-refractivity contribution in [2.24, 2.45) is 0 Å². The second kappa shape index (κ2) is 3.89. The second-order valence-electron chi connectivity index (χ2n) is 3.48. The van der Waals surface area contributed by atoms with E-state index in [0.29, 0.717) is 17.1 Å². The quantitative estimate of drug-likeness (QED) is 0.806. The first-order valence-corrected chi connectivity index (χ1v) is 4.92. The molecule has 0 radical (unpaired) electrons. The lowest BCUT2D eigenvalue weighted by Gasteiger charge is -2.06. The van der Waals surface area contributed by atoms with E-state index in [1.807, 2.05) is 6.07 Å². The molecule has 0 fully saturated rings. The van der Waals surface area contributed by atoms with Gasteiger partial charge >= 0.3 is 0 Å². The van der Waals surface area contributed by atoms with Crippen molar-refractivity contribution in [1.29, 1.82) is 0 Å². The molecule has 16 heavy (non-hydrogen) atoms. The van der Waals surface area contributed by atoms with Crippen LogP contribution >= 0.6 is 0 Å². The predicted molar refractivity (Wildman–Crippen MR) is 61.4 cm³/mol. The van der Waals surface area contributed by atoms with E-state index >= 15 is 0 Å². The lowest BCUT2D eigenvalue weighted by Crippen LogP contribution is -1.93. The molecule has 0 aliphatic rings. The molecule has 1 aromatic heterocycles. The monoisotopic (exact) mass is 219 g/mol. The van der Waals surface area contributed by atoms with E-state index in [1.165, 1.54) is 6.92 Å². The minimum atomic E-state index is -0.00203. The number of aromatic nitrogens is 1. The molecule has 2 rings (SSSR count). The maximum Gasteiger partial charge on any atom is 0.162 e. The topological polar surface area (TPSA) is 51.3 Å². The van der Waals surface area contributed by atoms with Crippen molar-refractivity contribution in [3.8, 4) is 11.5 Å². The Morgan fingerprint density at radius 3 is 2.38 bits per heavy atom. The van der Waals surface area contributed by atoms with Gasteiger partial charge in [-0.3, -0.25) is 4.79 Å². The number of methoxy groups -OCH3 is 2. The number of rotatable bonds is 3. The van der Waals surface area contributed by atoms with Crippen LogP contribution in [0.5, 0.6) is 11.5 Å². The van der Waals surface area contributed by atoms with E-state index in [9.17, 15) is 4.79 Å². The van der Waals surface area contributed by atoms with Crippen LogP contribution in [-0.2, 0) is 0 Å². The zero-order chi connectivity index (χ0) is 11.7. The molecular formula is C12H13NO3. The van der Waals surface area contributed by atoms with Gasteiger partial charge in [0.1, 0.15) is 11.5 Å². The van der Waals surface area contributed by atoms with Crippen LogP contribution in [-0.4, -0.2) is 25.0 Å². The van der Waals surface area contributed by atoms with Gasteiger partial charge in [-0.1, -0.05) is 0 Å². The molecule has 0 saturated carbocycles. The third-order valence-electron chi connectivity index (χ3n) is 2.58. The minimum Gasteiger partial charge on any atom is -0.496 e. The summed E-state index contributed by atoms with van der Waals surface area (Å²) in [4.78, 5) is 14.5. The SMILES string of the molecule is COc1ccc(OC)c2c(C(C)=O)c[nH]c12. The number of hydrogen-bond donors (Lipinski definition) is 1. The summed E-state index contributed by atoms with van der Waals surface area (Å²) in [5.74, 6) is 1.36. The fourth-order valence-corrected chi connectivity index (χ4v) is 1.81. The number of fused-ring (bicyclic) bond motifs is 1. The smallest absolute Gasteiger partial charge is 0.162 e. The van der Waals surface area contributed by atoms with Crippen LogP contribution < -0.4 is 9.47 Å². The predicted octanol–water partition coefficient (Wildman–Crippen LogP) is 2.39. The summed E-state index contributed by atoms with van der Waals surface area (Å²) in [5, 5.41) is 0.773. The highest BCUT2D eigenvalue weighted by Crippen LogP contribution is 2.34. The molecule has 0 bridgehead atoms. The first-order chi connectivity index (χ1) is 7.69. The maximum atomic E-state index is 11.5. The number of H-pyrrole nitrogens is 1. The number of hydrogen-bond acceptors (Lipinski definition) is 3. The normalized spacial score (nSPS) is 10.4. The number of benzene rings is 1. The Bertz CT molecular complexity index is 542. The van der Waals surface area contributed by atoms with Gasteiger partial charge in [0, 0.05) is 11.8 Å². The van der Waals surface area contributed by atoms with Gasteiger partial charge < -0.3 is 14.5 Å². The summed E-state index contributed by atoms with van der Waals surface area (Å²) in [5.41, 5.74) is 1.40. The van der Waals surface area contributed by atoms with E-state index < -0.39 is 0 Å². The number of nitrogens with one attached hydrogen (secondary N) is 1. The Kier molecular flexibility index (Phi) is 2.56. The molecule has 4 heteroatoms. The zero-order valence-corrected chi connectivity index (χ0v) is 9.46. The third-order valence-corrected chi connectivity index (χ3v) is 2.58. The highest BCUT2D eigenvalue weighted by Gasteiger charge is 2.15. The van der Waals surface area contributed by atoms with Crippen LogP contribution in [0, 0.1) is 0 Å². The molecule has 2 aromatic rings. The second-order valence-corrected chi connectivity index (χ2v) is 3.48. The van der Waals surface area contributed by atoms with Crippen molar-refractivity contribution in [1.82, 2.24) is 4.98 Å². The molecule has 1 N–H and O–H groups in total. The number of ketones is 1. The summed E-state index contributed by atoms with van der Waals surface area (Å²) in [7, 11) is 3.17. The van der Waals surface area contributed by atoms with E-state index in [0.717, 1.165) is 10.9 Å². The van der Waals surface area contributed by atoms with Crippen molar-refractivity contribution >= 4 is 16.7 Å². The average Bonchev–Trinajstić information content (AvgIpc) is 2.72. The molecule has 0 atom stereocenters. The molecule has 0 saturated heterocycles. The number of aromatic amines is 1. The fraction of sp³-hybridized carbons (Fsp3) is 0.250. The molecule has 0 aliphatic heterocycles. The summed E-state index contributed by atoms with van der Waals surface area (Å²) >= 11 is 0. The Morgan fingerprint density at radius 1 is 1.19 bits per heavy atom. The first kappa shape index (κ1) is 10.5. The number of Topliss-reactive ketones (excluding diaryl/α,β-unsaturated/α-hetero) is 1. The highest BCUT2D eigenvalue weighted by atomic mass is 16.5.